The van der Waals surface area contributed by atoms with Crippen molar-refractivity contribution in [1.29, 1.82) is 0 Å². The Hall–Kier alpha value is -0.530. The first-order valence-electron chi connectivity index (χ1n) is 4.42. The highest BCUT2D eigenvalue weighted by Gasteiger charge is 2.09. The molecular weight excluding hydrogens is 219 g/mol. The lowest BCUT2D eigenvalue weighted by molar-refractivity contribution is -0.116. The van der Waals surface area contributed by atoms with Crippen LogP contribution in [0.3, 0.4) is 0 Å². The van der Waals surface area contributed by atoms with Gasteiger partial charge in [0.25, 0.3) is 0 Å². The maximum atomic E-state index is 10.8. The first-order chi connectivity index (χ1) is 6.50. The van der Waals surface area contributed by atoms with Crippen LogP contribution in [0.5, 0.6) is 0 Å². The summed E-state index contributed by atoms with van der Waals surface area (Å²) in [6.07, 6.45) is 5.23. The third kappa shape index (κ3) is 3.69. The predicted octanol–water partition coefficient (Wildman–Crippen LogP) is 3.93. The zero-order chi connectivity index (χ0) is 10.7. The molecule has 0 spiro atoms. The summed E-state index contributed by atoms with van der Waals surface area (Å²) >= 11 is 12.0. The van der Waals surface area contributed by atoms with Gasteiger partial charge in [-0.05, 0) is 37.5 Å². The van der Waals surface area contributed by atoms with Crippen LogP contribution in [-0.2, 0) is 4.79 Å². The normalized spacial score (nSPS) is 17.4. The van der Waals surface area contributed by atoms with Crippen LogP contribution in [0.4, 0.5) is 0 Å². The van der Waals surface area contributed by atoms with Gasteiger partial charge in [-0.15, -0.1) is 0 Å². The number of ketones is 1. The summed E-state index contributed by atoms with van der Waals surface area (Å²) in [5.41, 5.74) is 2.01. The molecule has 0 aliphatic heterocycles. The van der Waals surface area contributed by atoms with Crippen LogP contribution in [0.15, 0.2) is 33.4 Å². The summed E-state index contributed by atoms with van der Waals surface area (Å²) in [5.74, 6) is 0.0458. The maximum Gasteiger partial charge on any atom is 0.135 e. The molecule has 1 aliphatic rings. The minimum absolute atomic E-state index is 0.0458. The number of hydrogen-bond acceptors (Lipinski definition) is 1. The largest absolute Gasteiger partial charge is 0.300 e. The number of allylic oxidation sites excluding steroid dienone is 6. The highest BCUT2D eigenvalue weighted by atomic mass is 35.5. The highest BCUT2D eigenvalue weighted by Crippen LogP contribution is 2.28. The van der Waals surface area contributed by atoms with Crippen LogP contribution in [0, 0.1) is 0 Å². The van der Waals surface area contributed by atoms with Gasteiger partial charge in [-0.25, -0.2) is 0 Å². The second-order valence-corrected chi connectivity index (χ2v) is 4.25. The Balaban J connectivity index is 2.74. The van der Waals surface area contributed by atoms with E-state index in [1.165, 1.54) is 12.5 Å². The van der Waals surface area contributed by atoms with E-state index in [0.717, 1.165) is 12.0 Å². The van der Waals surface area contributed by atoms with E-state index >= 15 is 0 Å². The molecule has 1 rings (SSSR count). The van der Waals surface area contributed by atoms with E-state index in [1.54, 1.807) is 0 Å². The molecule has 3 heteroatoms. The fourth-order valence-corrected chi connectivity index (χ4v) is 1.52. The monoisotopic (exact) mass is 230 g/mol. The molecule has 0 N–H and O–H groups in total. The van der Waals surface area contributed by atoms with Crippen LogP contribution in [0.1, 0.15) is 26.7 Å². The van der Waals surface area contributed by atoms with Crippen molar-refractivity contribution < 1.29 is 4.79 Å². The Morgan fingerprint density at radius 3 is 2.50 bits per heavy atom. The number of Topliss-reactive ketones (excluding diaryl/α,β-unsaturated/α-hetero) is 1. The topological polar surface area (TPSA) is 17.1 Å². The zero-order valence-electron chi connectivity index (χ0n) is 8.23. The molecular formula is C11H12Cl2O. The van der Waals surface area contributed by atoms with Crippen molar-refractivity contribution in [3.05, 3.63) is 33.4 Å². The van der Waals surface area contributed by atoms with Crippen molar-refractivity contribution in [3.63, 3.8) is 0 Å². The average molecular weight is 231 g/mol. The van der Waals surface area contributed by atoms with Gasteiger partial charge in [0.15, 0.2) is 0 Å². The number of carbonyl (C=O) groups is 1. The molecule has 0 atom stereocenters. The first-order valence-corrected chi connectivity index (χ1v) is 5.17. The van der Waals surface area contributed by atoms with Crippen LogP contribution >= 0.6 is 23.2 Å². The van der Waals surface area contributed by atoms with Gasteiger partial charge >= 0.3 is 0 Å². The van der Waals surface area contributed by atoms with E-state index in [2.05, 4.69) is 6.08 Å². The second-order valence-electron chi connectivity index (χ2n) is 3.38. The maximum absolute atomic E-state index is 10.8. The molecule has 0 aromatic carbocycles. The lowest BCUT2D eigenvalue weighted by atomic mass is 10.2. The minimum Gasteiger partial charge on any atom is -0.300 e. The average Bonchev–Trinajstić information content (AvgIpc) is 2.85. The van der Waals surface area contributed by atoms with Gasteiger partial charge in [-0.1, -0.05) is 29.3 Å². The predicted molar refractivity (Wildman–Crippen MR) is 60.5 cm³/mol. The first kappa shape index (κ1) is 11.5. The van der Waals surface area contributed by atoms with Crippen molar-refractivity contribution in [2.24, 2.45) is 0 Å². The van der Waals surface area contributed by atoms with Crippen molar-refractivity contribution in [2.45, 2.75) is 26.7 Å². The quantitative estimate of drug-likeness (QED) is 0.670. The molecule has 76 valence electrons. The number of rotatable bonds is 4. The smallest absolute Gasteiger partial charge is 0.135 e. The molecule has 1 aliphatic carbocycles. The van der Waals surface area contributed by atoms with Crippen molar-refractivity contribution in [3.8, 4) is 0 Å². The SMILES string of the molecule is CC(=O)C/C(Cl)=C(C)\C(Cl)=C/C1=CC1. The van der Waals surface area contributed by atoms with Crippen molar-refractivity contribution in [2.75, 3.05) is 0 Å². The second kappa shape index (κ2) is 4.81. The zero-order valence-corrected chi connectivity index (χ0v) is 9.74. The summed E-state index contributed by atoms with van der Waals surface area (Å²) in [7, 11) is 0. The molecule has 0 bridgehead atoms. The van der Waals surface area contributed by atoms with Gasteiger partial charge in [0, 0.05) is 16.5 Å². The molecule has 0 unspecified atom stereocenters. The van der Waals surface area contributed by atoms with Gasteiger partial charge in [-0.2, -0.15) is 0 Å². The molecule has 0 saturated heterocycles. The van der Waals surface area contributed by atoms with Gasteiger partial charge < -0.3 is 0 Å². The highest BCUT2D eigenvalue weighted by molar-refractivity contribution is 6.36. The van der Waals surface area contributed by atoms with Gasteiger partial charge in [0.05, 0.1) is 0 Å². The number of carbonyl (C=O) groups excluding carboxylic acids is 1. The number of halogens is 2. The van der Waals surface area contributed by atoms with Crippen molar-refractivity contribution in [1.82, 2.24) is 0 Å². The van der Waals surface area contributed by atoms with E-state index in [-0.39, 0.29) is 12.2 Å². The van der Waals surface area contributed by atoms with E-state index in [0.29, 0.717) is 10.1 Å². The van der Waals surface area contributed by atoms with Gasteiger partial charge in [0.2, 0.25) is 0 Å². The standard InChI is InChI=1S/C11H12Cl2O/c1-7(14)5-10(12)8(2)11(13)6-9-3-4-9/h3,6H,4-5H2,1-2H3/b10-8+,11-6+. The lowest BCUT2D eigenvalue weighted by Gasteiger charge is -2.02. The van der Waals surface area contributed by atoms with E-state index in [4.69, 9.17) is 23.2 Å². The van der Waals surface area contributed by atoms with Gasteiger partial charge in [0.1, 0.15) is 5.78 Å². The minimum atomic E-state index is 0.0458. The van der Waals surface area contributed by atoms with Crippen LogP contribution in [0.25, 0.3) is 0 Å². The van der Waals surface area contributed by atoms with Crippen molar-refractivity contribution >= 4 is 29.0 Å². The molecule has 0 amide bonds. The molecule has 0 aromatic heterocycles. The molecule has 1 nitrogen and oxygen atoms in total. The fourth-order valence-electron chi connectivity index (χ4n) is 0.929. The Morgan fingerprint density at radius 2 is 2.07 bits per heavy atom. The molecule has 0 radical (unpaired) electrons. The van der Waals surface area contributed by atoms with Gasteiger partial charge in [-0.3, -0.25) is 4.79 Å². The molecule has 14 heavy (non-hydrogen) atoms. The summed E-state index contributed by atoms with van der Waals surface area (Å²) < 4.78 is 0. The van der Waals surface area contributed by atoms with E-state index in [1.807, 2.05) is 13.0 Å². The van der Waals surface area contributed by atoms with E-state index < -0.39 is 0 Å². The third-order valence-electron chi connectivity index (χ3n) is 1.92. The molecule has 0 heterocycles. The molecule has 0 aromatic rings. The third-order valence-corrected chi connectivity index (χ3v) is 2.73. The van der Waals surface area contributed by atoms with E-state index in [9.17, 15) is 4.79 Å². The summed E-state index contributed by atoms with van der Waals surface area (Å²) in [6, 6.07) is 0. The molecule has 0 saturated carbocycles. The summed E-state index contributed by atoms with van der Waals surface area (Å²) in [5, 5.41) is 1.15. The van der Waals surface area contributed by atoms with Crippen LogP contribution in [0.2, 0.25) is 0 Å². The Morgan fingerprint density at radius 1 is 1.50 bits per heavy atom. The summed E-state index contributed by atoms with van der Waals surface area (Å²) in [6.45, 7) is 3.34. The molecule has 0 fully saturated rings. The van der Waals surface area contributed by atoms with Crippen LogP contribution < -0.4 is 0 Å². The Kier molecular flexibility index (Phi) is 3.97. The Labute approximate surface area is 94.1 Å². The Bertz CT molecular complexity index is 348. The fraction of sp³-hybridized carbons (Fsp3) is 0.364. The summed E-state index contributed by atoms with van der Waals surface area (Å²) in [4.78, 5) is 10.8. The van der Waals surface area contributed by atoms with Crippen LogP contribution in [-0.4, -0.2) is 5.78 Å². The lowest BCUT2D eigenvalue weighted by Crippen LogP contribution is -1.92. The number of hydrogen-bond donors (Lipinski definition) is 0.